The molecule has 6 heteroatoms. The number of hydrogen-bond acceptors (Lipinski definition) is 6. The number of hydrogen-bond donors (Lipinski definition) is 0. The van der Waals surface area contributed by atoms with Crippen LogP contribution in [0.5, 0.6) is 11.5 Å². The van der Waals surface area contributed by atoms with E-state index in [2.05, 4.69) is 13.8 Å². The predicted molar refractivity (Wildman–Crippen MR) is 238 cm³/mol. The lowest BCUT2D eigenvalue weighted by molar-refractivity contribution is -0.135. The lowest BCUT2D eigenvalue weighted by Crippen LogP contribution is -2.09. The number of rotatable bonds is 35. The van der Waals surface area contributed by atoms with Crippen LogP contribution in [0, 0.1) is 0 Å². The molecule has 0 aliphatic heterocycles. The highest BCUT2D eigenvalue weighted by atomic mass is 16.5. The van der Waals surface area contributed by atoms with Crippen LogP contribution >= 0.6 is 0 Å². The van der Waals surface area contributed by atoms with Gasteiger partial charge in [-0.15, -0.1) is 0 Å². The maximum atomic E-state index is 13.4. The van der Waals surface area contributed by atoms with E-state index in [4.69, 9.17) is 13.9 Å². The Balaban J connectivity index is 1.25. The van der Waals surface area contributed by atoms with E-state index in [1.165, 1.54) is 167 Å². The first-order chi connectivity index (χ1) is 28.0. The van der Waals surface area contributed by atoms with Crippen molar-refractivity contribution >= 4 is 22.9 Å². The van der Waals surface area contributed by atoms with Gasteiger partial charge < -0.3 is 13.9 Å². The van der Waals surface area contributed by atoms with Crippen molar-refractivity contribution in [1.29, 1.82) is 0 Å². The lowest BCUT2D eigenvalue weighted by Gasteiger charge is -2.08. The summed E-state index contributed by atoms with van der Waals surface area (Å²) in [5.41, 5.74) is 1.28. The summed E-state index contributed by atoms with van der Waals surface area (Å²) >= 11 is 0. The van der Waals surface area contributed by atoms with E-state index in [1.54, 1.807) is 42.5 Å². The first-order valence-electron chi connectivity index (χ1n) is 23.6. The lowest BCUT2D eigenvalue weighted by atomic mass is 10.0. The molecule has 0 N–H and O–H groups in total. The van der Waals surface area contributed by atoms with Crippen molar-refractivity contribution in [3.63, 3.8) is 0 Å². The van der Waals surface area contributed by atoms with Gasteiger partial charge in [0.25, 0.3) is 0 Å². The summed E-state index contributed by atoms with van der Waals surface area (Å²) in [6, 6.07) is 11.9. The Bertz CT molecular complexity index is 1540. The highest BCUT2D eigenvalue weighted by Gasteiger charge is 2.13. The van der Waals surface area contributed by atoms with Gasteiger partial charge >= 0.3 is 11.9 Å². The summed E-state index contributed by atoms with van der Waals surface area (Å²) in [6.45, 7) is 4.54. The second-order valence-electron chi connectivity index (χ2n) is 16.5. The molecule has 0 atom stereocenters. The van der Waals surface area contributed by atoms with Gasteiger partial charge in [-0.1, -0.05) is 206 Å². The monoisotopic (exact) mass is 787 g/mol. The zero-order valence-electron chi connectivity index (χ0n) is 36.2. The van der Waals surface area contributed by atoms with Crippen LogP contribution in [0.3, 0.4) is 0 Å². The number of carbonyl (C=O) groups is 2. The van der Waals surface area contributed by atoms with Gasteiger partial charge in [0.1, 0.15) is 23.3 Å². The van der Waals surface area contributed by atoms with E-state index in [-0.39, 0.29) is 17.4 Å². The van der Waals surface area contributed by atoms with Crippen molar-refractivity contribution in [2.75, 3.05) is 0 Å². The minimum atomic E-state index is -0.265. The third-order valence-electron chi connectivity index (χ3n) is 11.3. The predicted octanol–water partition coefficient (Wildman–Crippen LogP) is 15.8. The van der Waals surface area contributed by atoms with Gasteiger partial charge in [-0.25, -0.2) is 0 Å². The minimum Gasteiger partial charge on any atom is -0.463 e. The number of carbonyl (C=O) groups excluding carboxylic acids is 2. The number of unbranched alkanes of at least 4 members (excludes halogenated alkanes) is 28. The van der Waals surface area contributed by atoms with Crippen molar-refractivity contribution < 1.29 is 23.5 Å². The second kappa shape index (κ2) is 31.6. The van der Waals surface area contributed by atoms with Crippen LogP contribution in [0.2, 0.25) is 0 Å². The SMILES string of the molecule is CCCCCCCCCCCCCCCCCC(=O)Oc1ccc(-c2coc3cc(OC(=O)CCCCCCCCCCCCCCCCC)ccc3c2=O)cc1. The fourth-order valence-electron chi connectivity index (χ4n) is 7.72. The first kappa shape index (κ1) is 48.0. The van der Waals surface area contributed by atoms with Crippen molar-refractivity contribution in [1.82, 2.24) is 0 Å². The Morgan fingerprint density at radius 2 is 0.807 bits per heavy atom. The molecule has 1 heterocycles. The van der Waals surface area contributed by atoms with Crippen LogP contribution in [0.4, 0.5) is 0 Å². The third-order valence-corrected chi connectivity index (χ3v) is 11.3. The molecular weight excluding hydrogens is 709 g/mol. The van der Waals surface area contributed by atoms with Gasteiger partial charge in [0.05, 0.1) is 10.9 Å². The molecule has 6 nitrogen and oxygen atoms in total. The van der Waals surface area contributed by atoms with E-state index in [0.29, 0.717) is 46.4 Å². The van der Waals surface area contributed by atoms with Crippen LogP contribution in [0.15, 0.2) is 57.9 Å². The maximum absolute atomic E-state index is 13.4. The molecule has 0 saturated heterocycles. The number of ether oxygens (including phenoxy) is 2. The fourth-order valence-corrected chi connectivity index (χ4v) is 7.72. The quantitative estimate of drug-likeness (QED) is 0.0335. The molecule has 0 spiro atoms. The molecule has 0 radical (unpaired) electrons. The molecule has 1 aromatic heterocycles. The van der Waals surface area contributed by atoms with E-state index < -0.39 is 0 Å². The zero-order valence-corrected chi connectivity index (χ0v) is 36.2. The molecule has 0 aliphatic carbocycles. The summed E-state index contributed by atoms with van der Waals surface area (Å²) in [4.78, 5) is 38.3. The van der Waals surface area contributed by atoms with Crippen LogP contribution in [-0.2, 0) is 9.59 Å². The Morgan fingerprint density at radius 1 is 0.456 bits per heavy atom. The van der Waals surface area contributed by atoms with Gasteiger partial charge in [-0.2, -0.15) is 0 Å². The van der Waals surface area contributed by atoms with E-state index in [9.17, 15) is 14.4 Å². The smallest absolute Gasteiger partial charge is 0.311 e. The second-order valence-corrected chi connectivity index (χ2v) is 16.5. The van der Waals surface area contributed by atoms with Crippen LogP contribution in [0.25, 0.3) is 22.1 Å². The Hall–Kier alpha value is -3.41. The largest absolute Gasteiger partial charge is 0.463 e. The molecule has 3 rings (SSSR count). The normalized spacial score (nSPS) is 11.3. The molecule has 57 heavy (non-hydrogen) atoms. The van der Waals surface area contributed by atoms with Gasteiger partial charge in [-0.05, 0) is 42.7 Å². The van der Waals surface area contributed by atoms with Crippen LogP contribution < -0.4 is 14.9 Å². The molecule has 0 bridgehead atoms. The minimum absolute atomic E-state index is 0.176. The Morgan fingerprint density at radius 3 is 1.21 bits per heavy atom. The molecule has 318 valence electrons. The highest BCUT2D eigenvalue weighted by Crippen LogP contribution is 2.26. The van der Waals surface area contributed by atoms with E-state index in [0.717, 1.165) is 32.1 Å². The first-order valence-corrected chi connectivity index (χ1v) is 23.6. The molecule has 0 unspecified atom stereocenters. The van der Waals surface area contributed by atoms with Crippen LogP contribution in [-0.4, -0.2) is 11.9 Å². The summed E-state index contributed by atoms with van der Waals surface area (Å²) in [5, 5.41) is 0.411. The van der Waals surface area contributed by atoms with Crippen LogP contribution in [0.1, 0.15) is 219 Å². The summed E-state index contributed by atoms with van der Waals surface area (Å²) in [7, 11) is 0. The van der Waals surface area contributed by atoms with E-state index >= 15 is 0 Å². The topological polar surface area (TPSA) is 82.8 Å². The fraction of sp³-hybridized carbons (Fsp3) is 0.667. The zero-order chi connectivity index (χ0) is 40.6. The Kier molecular flexibility index (Phi) is 26.6. The average molecular weight is 787 g/mol. The summed E-state index contributed by atoms with van der Waals surface area (Å²) < 4.78 is 17.0. The number of esters is 2. The molecular formula is C51H78O6. The maximum Gasteiger partial charge on any atom is 0.311 e. The van der Waals surface area contributed by atoms with Gasteiger partial charge in [0, 0.05) is 18.9 Å². The van der Waals surface area contributed by atoms with Crippen molar-refractivity contribution in [3.05, 3.63) is 59.0 Å². The third kappa shape index (κ3) is 21.8. The van der Waals surface area contributed by atoms with Crippen molar-refractivity contribution in [2.24, 2.45) is 0 Å². The van der Waals surface area contributed by atoms with Gasteiger partial charge in [0.2, 0.25) is 0 Å². The Labute approximate surface area is 346 Å². The van der Waals surface area contributed by atoms with Crippen molar-refractivity contribution in [2.45, 2.75) is 219 Å². The molecule has 0 fully saturated rings. The molecule has 2 aromatic carbocycles. The summed E-state index contributed by atoms with van der Waals surface area (Å²) in [6.07, 6.45) is 40.8. The van der Waals surface area contributed by atoms with Crippen molar-refractivity contribution in [3.8, 4) is 22.6 Å². The molecule has 0 aliphatic rings. The molecule has 0 saturated carbocycles. The van der Waals surface area contributed by atoms with E-state index in [1.807, 2.05) is 0 Å². The summed E-state index contributed by atoms with van der Waals surface area (Å²) in [5.74, 6) is 0.346. The standard InChI is InChI=1S/C51H78O6/c1-3-5-7-9-11-13-15-17-19-21-23-25-27-29-31-33-49(52)56-44-37-35-43(36-38-44)47-42-55-48-41-45(39-40-46(48)51(47)54)57-50(53)34-32-30-28-26-24-22-20-18-16-14-12-10-8-6-4-2/h35-42H,3-34H2,1-2H3. The molecule has 3 aromatic rings. The average Bonchev–Trinajstić information content (AvgIpc) is 3.21. The van der Waals surface area contributed by atoms with Gasteiger partial charge in [-0.3, -0.25) is 14.4 Å². The highest BCUT2D eigenvalue weighted by molar-refractivity contribution is 5.83. The van der Waals surface area contributed by atoms with Gasteiger partial charge in [0.15, 0.2) is 5.43 Å². The number of fused-ring (bicyclic) bond motifs is 1. The molecule has 0 amide bonds. The number of benzene rings is 2.